The Kier molecular flexibility index (Phi) is 2.36. The van der Waals surface area contributed by atoms with Gasteiger partial charge in [-0.3, -0.25) is 9.59 Å². The van der Waals surface area contributed by atoms with Gasteiger partial charge in [0.2, 0.25) is 5.60 Å². The molecule has 1 fully saturated rings. The molecule has 0 bridgehead atoms. The van der Waals surface area contributed by atoms with E-state index < -0.39 is 17.5 Å². The van der Waals surface area contributed by atoms with Crippen molar-refractivity contribution < 1.29 is 24.2 Å². The fourth-order valence-electron chi connectivity index (χ4n) is 1.38. The molecule has 13 heavy (non-hydrogen) atoms. The maximum Gasteiger partial charge on any atom is 0.348 e. The predicted molar refractivity (Wildman–Crippen MR) is 41.0 cm³/mol. The second-order valence-electron chi connectivity index (χ2n) is 3.15. The lowest BCUT2D eigenvalue weighted by Gasteiger charge is -2.20. The minimum atomic E-state index is -1.59. The van der Waals surface area contributed by atoms with Gasteiger partial charge in [0.1, 0.15) is 5.78 Å². The van der Waals surface area contributed by atoms with Crippen LogP contribution in [0.15, 0.2) is 0 Å². The molecule has 0 aromatic heterocycles. The first-order valence-electron chi connectivity index (χ1n) is 3.91. The smallest absolute Gasteiger partial charge is 0.348 e. The first kappa shape index (κ1) is 9.70. The number of carboxylic acids is 1. The molecule has 0 saturated carbocycles. The van der Waals surface area contributed by atoms with E-state index in [1.54, 1.807) is 0 Å². The molecule has 0 aromatic carbocycles. The summed E-state index contributed by atoms with van der Waals surface area (Å²) in [5.74, 6) is -2.09. The molecule has 0 amide bonds. The standard InChI is InChI=1S/C8H10O5/c1-5(9)4-8(7(11)12)3-2-6(10)13-8/h2-4H2,1H3,(H,11,12). The Bertz CT molecular complexity index is 270. The minimum absolute atomic E-state index is 0.0690. The zero-order chi connectivity index (χ0) is 10.1. The number of rotatable bonds is 3. The lowest BCUT2D eigenvalue weighted by molar-refractivity contribution is -0.171. The first-order chi connectivity index (χ1) is 5.96. The molecule has 1 saturated heterocycles. The fourth-order valence-corrected chi connectivity index (χ4v) is 1.38. The molecule has 1 atom stereocenters. The predicted octanol–water partition coefficient (Wildman–Crippen LogP) is 0.126. The largest absolute Gasteiger partial charge is 0.478 e. The summed E-state index contributed by atoms with van der Waals surface area (Å²) in [6.07, 6.45) is -0.0889. The van der Waals surface area contributed by atoms with Gasteiger partial charge >= 0.3 is 11.9 Å². The number of cyclic esters (lactones) is 1. The Hall–Kier alpha value is -1.39. The summed E-state index contributed by atoms with van der Waals surface area (Å²) in [6.45, 7) is 1.27. The van der Waals surface area contributed by atoms with Gasteiger partial charge in [-0.25, -0.2) is 4.79 Å². The molecule has 1 unspecified atom stereocenters. The number of hydrogen-bond donors (Lipinski definition) is 1. The van der Waals surface area contributed by atoms with Gasteiger partial charge in [0, 0.05) is 12.8 Å². The number of carboxylic acid groups (broad SMARTS) is 1. The Morgan fingerprint density at radius 2 is 2.23 bits per heavy atom. The molecule has 0 aliphatic carbocycles. The zero-order valence-corrected chi connectivity index (χ0v) is 7.20. The highest BCUT2D eigenvalue weighted by molar-refractivity contribution is 5.91. The van der Waals surface area contributed by atoms with Crippen LogP contribution in [-0.2, 0) is 19.1 Å². The van der Waals surface area contributed by atoms with Crippen molar-refractivity contribution in [2.75, 3.05) is 0 Å². The maximum absolute atomic E-state index is 10.8. The molecule has 1 heterocycles. The lowest BCUT2D eigenvalue weighted by atomic mass is 9.94. The summed E-state index contributed by atoms with van der Waals surface area (Å²) in [4.78, 5) is 32.3. The third kappa shape index (κ3) is 1.85. The third-order valence-corrected chi connectivity index (χ3v) is 1.97. The Balaban J connectivity index is 2.83. The highest BCUT2D eigenvalue weighted by Gasteiger charge is 2.48. The molecule has 1 N–H and O–H groups in total. The minimum Gasteiger partial charge on any atom is -0.478 e. The monoisotopic (exact) mass is 186 g/mol. The van der Waals surface area contributed by atoms with Crippen LogP contribution in [0.1, 0.15) is 26.2 Å². The number of hydrogen-bond acceptors (Lipinski definition) is 4. The number of carbonyl (C=O) groups excluding carboxylic acids is 2. The van der Waals surface area contributed by atoms with Crippen LogP contribution in [-0.4, -0.2) is 28.4 Å². The molecule has 72 valence electrons. The van der Waals surface area contributed by atoms with E-state index in [9.17, 15) is 14.4 Å². The molecule has 1 aliphatic heterocycles. The molecule has 5 heteroatoms. The van der Waals surface area contributed by atoms with E-state index in [1.807, 2.05) is 0 Å². The topological polar surface area (TPSA) is 80.7 Å². The number of ketones is 1. The van der Waals surface area contributed by atoms with Gasteiger partial charge in [0.25, 0.3) is 0 Å². The average Bonchev–Trinajstić information content (AvgIpc) is 2.31. The maximum atomic E-state index is 10.8. The fraction of sp³-hybridized carbons (Fsp3) is 0.625. The van der Waals surface area contributed by atoms with E-state index in [2.05, 4.69) is 4.74 Å². The van der Waals surface area contributed by atoms with Crippen LogP contribution in [0.4, 0.5) is 0 Å². The normalized spacial score (nSPS) is 27.0. The van der Waals surface area contributed by atoms with E-state index in [0.717, 1.165) is 0 Å². The van der Waals surface area contributed by atoms with E-state index in [-0.39, 0.29) is 25.0 Å². The van der Waals surface area contributed by atoms with Gasteiger partial charge in [-0.1, -0.05) is 0 Å². The van der Waals surface area contributed by atoms with E-state index in [0.29, 0.717) is 0 Å². The quantitative estimate of drug-likeness (QED) is 0.633. The van der Waals surface area contributed by atoms with Gasteiger partial charge in [0.05, 0.1) is 6.42 Å². The number of carbonyl (C=O) groups is 3. The summed E-state index contributed by atoms with van der Waals surface area (Å²) in [6, 6.07) is 0. The number of esters is 1. The highest BCUT2D eigenvalue weighted by atomic mass is 16.6. The molecular formula is C8H10O5. The van der Waals surface area contributed by atoms with Crippen molar-refractivity contribution >= 4 is 17.7 Å². The molecule has 1 rings (SSSR count). The second kappa shape index (κ2) is 3.16. The van der Waals surface area contributed by atoms with E-state index in [1.165, 1.54) is 6.92 Å². The van der Waals surface area contributed by atoms with Crippen LogP contribution in [0, 0.1) is 0 Å². The van der Waals surface area contributed by atoms with Gasteiger partial charge in [-0.15, -0.1) is 0 Å². The lowest BCUT2D eigenvalue weighted by Crippen LogP contribution is -2.40. The van der Waals surface area contributed by atoms with E-state index >= 15 is 0 Å². The Morgan fingerprint density at radius 3 is 2.54 bits per heavy atom. The summed E-state index contributed by atoms with van der Waals surface area (Å²) in [5.41, 5.74) is -1.59. The SMILES string of the molecule is CC(=O)CC1(C(=O)O)CCC(=O)O1. The van der Waals surface area contributed by atoms with Gasteiger partial charge in [-0.05, 0) is 6.92 Å². The van der Waals surface area contributed by atoms with Crippen molar-refractivity contribution in [1.82, 2.24) is 0 Å². The summed E-state index contributed by atoms with van der Waals surface area (Å²) in [5, 5.41) is 8.80. The third-order valence-electron chi connectivity index (χ3n) is 1.97. The number of aliphatic carboxylic acids is 1. The first-order valence-corrected chi connectivity index (χ1v) is 3.91. The van der Waals surface area contributed by atoms with Gasteiger partial charge < -0.3 is 9.84 Å². The second-order valence-corrected chi connectivity index (χ2v) is 3.15. The van der Waals surface area contributed by atoms with E-state index in [4.69, 9.17) is 5.11 Å². The molecule has 5 nitrogen and oxygen atoms in total. The summed E-state index contributed by atoms with van der Waals surface area (Å²) >= 11 is 0. The molecular weight excluding hydrogens is 176 g/mol. The Morgan fingerprint density at radius 1 is 1.62 bits per heavy atom. The molecule has 0 radical (unpaired) electrons. The molecule has 1 aliphatic rings. The molecule has 0 spiro atoms. The summed E-state index contributed by atoms with van der Waals surface area (Å²) < 4.78 is 4.66. The average molecular weight is 186 g/mol. The van der Waals surface area contributed by atoms with Crippen molar-refractivity contribution in [3.8, 4) is 0 Å². The molecule has 0 aromatic rings. The number of Topliss-reactive ketones (excluding diaryl/α,β-unsaturated/α-hetero) is 1. The van der Waals surface area contributed by atoms with Crippen LogP contribution in [0.5, 0.6) is 0 Å². The van der Waals surface area contributed by atoms with Gasteiger partial charge in [-0.2, -0.15) is 0 Å². The van der Waals surface area contributed by atoms with Crippen LogP contribution >= 0.6 is 0 Å². The van der Waals surface area contributed by atoms with Crippen LogP contribution < -0.4 is 0 Å². The summed E-state index contributed by atoms with van der Waals surface area (Å²) in [7, 11) is 0. The van der Waals surface area contributed by atoms with Crippen molar-refractivity contribution in [2.45, 2.75) is 31.8 Å². The number of ether oxygens (including phenoxy) is 1. The van der Waals surface area contributed by atoms with Crippen molar-refractivity contribution in [2.24, 2.45) is 0 Å². The zero-order valence-electron chi connectivity index (χ0n) is 7.20. The van der Waals surface area contributed by atoms with Crippen LogP contribution in [0.25, 0.3) is 0 Å². The van der Waals surface area contributed by atoms with Crippen molar-refractivity contribution in [3.63, 3.8) is 0 Å². The van der Waals surface area contributed by atoms with Crippen molar-refractivity contribution in [3.05, 3.63) is 0 Å². The van der Waals surface area contributed by atoms with Crippen LogP contribution in [0.2, 0.25) is 0 Å². The van der Waals surface area contributed by atoms with Crippen LogP contribution in [0.3, 0.4) is 0 Å². The Labute approximate surface area is 74.7 Å². The van der Waals surface area contributed by atoms with Crippen molar-refractivity contribution in [1.29, 1.82) is 0 Å². The highest BCUT2D eigenvalue weighted by Crippen LogP contribution is 2.30. The van der Waals surface area contributed by atoms with Gasteiger partial charge in [0.15, 0.2) is 0 Å².